The van der Waals surface area contributed by atoms with Crippen LogP contribution in [0.5, 0.6) is 11.5 Å². The molecule has 1 fully saturated rings. The van der Waals surface area contributed by atoms with Gasteiger partial charge >= 0.3 is 0 Å². The molecular weight excluding hydrogens is 316 g/mol. The van der Waals surface area contributed by atoms with Gasteiger partial charge in [-0.2, -0.15) is 0 Å². The second kappa shape index (κ2) is 8.88. The molecule has 0 spiro atoms. The summed E-state index contributed by atoms with van der Waals surface area (Å²) in [6.45, 7) is 9.97. The third-order valence-corrected chi connectivity index (χ3v) is 5.23. The number of piperidine rings is 1. The Bertz CT molecular complexity index is 556. The lowest BCUT2D eigenvalue weighted by Crippen LogP contribution is -2.38. The van der Waals surface area contributed by atoms with E-state index in [0.29, 0.717) is 6.61 Å². The van der Waals surface area contributed by atoms with Gasteiger partial charge in [-0.3, -0.25) is 0 Å². The second-order valence-corrected chi connectivity index (χ2v) is 7.28. The summed E-state index contributed by atoms with van der Waals surface area (Å²) < 4.78 is 11.8. The summed E-state index contributed by atoms with van der Waals surface area (Å²) in [6.07, 6.45) is 3.63. The number of fused-ring (bicyclic) bond motifs is 1. The number of likely N-dealkylation sites (tertiary alicyclic amines) is 1. The van der Waals surface area contributed by atoms with E-state index in [1.165, 1.54) is 24.0 Å². The number of aliphatic hydroxyl groups is 1. The molecule has 140 valence electrons. The molecule has 5 heteroatoms. The van der Waals surface area contributed by atoms with Crippen molar-refractivity contribution in [3.63, 3.8) is 0 Å². The molecule has 0 aromatic heterocycles. The van der Waals surface area contributed by atoms with Gasteiger partial charge in [0.05, 0.1) is 13.2 Å². The Morgan fingerprint density at radius 2 is 2.12 bits per heavy atom. The second-order valence-electron chi connectivity index (χ2n) is 7.28. The molecule has 0 amide bonds. The summed E-state index contributed by atoms with van der Waals surface area (Å²) in [5.74, 6) is 2.73. The van der Waals surface area contributed by atoms with Crippen molar-refractivity contribution in [1.29, 1.82) is 0 Å². The van der Waals surface area contributed by atoms with Crippen molar-refractivity contribution < 1.29 is 14.6 Å². The summed E-state index contributed by atoms with van der Waals surface area (Å²) in [7, 11) is 0. The third kappa shape index (κ3) is 4.87. The van der Waals surface area contributed by atoms with E-state index in [9.17, 15) is 0 Å². The minimum Gasteiger partial charge on any atom is -0.494 e. The molecule has 2 N–H and O–H groups in total. The number of nitrogens with zero attached hydrogens (tertiary/aromatic N) is 1. The zero-order valence-corrected chi connectivity index (χ0v) is 15.6. The Morgan fingerprint density at radius 1 is 1.32 bits per heavy atom. The lowest BCUT2D eigenvalue weighted by Gasteiger charge is -2.31. The molecule has 0 aliphatic carbocycles. The third-order valence-electron chi connectivity index (χ3n) is 5.23. The van der Waals surface area contributed by atoms with E-state index >= 15 is 0 Å². The van der Waals surface area contributed by atoms with Crippen molar-refractivity contribution in [3.05, 3.63) is 23.3 Å². The number of rotatable bonds is 8. The number of aliphatic hydroxyl groups excluding tert-OH is 1. The molecule has 0 saturated carbocycles. The van der Waals surface area contributed by atoms with Crippen molar-refractivity contribution in [1.82, 2.24) is 10.2 Å². The van der Waals surface area contributed by atoms with Crippen LogP contribution in [0.15, 0.2) is 12.1 Å². The Morgan fingerprint density at radius 3 is 2.84 bits per heavy atom. The normalized spacial score (nSPS) is 21.2. The fourth-order valence-corrected chi connectivity index (χ4v) is 3.93. The fraction of sp³-hybridized carbons (Fsp3) is 0.700. The molecule has 2 aliphatic rings. The Labute approximate surface area is 151 Å². The SMILES string of the molecule is CCOc1cc(CNCC2CCN(CCO)CC2)c2c(c1)CC(C)O2. The van der Waals surface area contributed by atoms with Gasteiger partial charge in [-0.1, -0.05) is 0 Å². The minimum atomic E-state index is 0.251. The average molecular weight is 348 g/mol. The summed E-state index contributed by atoms with van der Waals surface area (Å²) in [6, 6.07) is 4.25. The highest BCUT2D eigenvalue weighted by Crippen LogP contribution is 2.36. The molecule has 1 unspecified atom stereocenters. The number of benzene rings is 1. The van der Waals surface area contributed by atoms with Crippen LogP contribution in [0.2, 0.25) is 0 Å². The smallest absolute Gasteiger partial charge is 0.127 e. The molecule has 1 saturated heterocycles. The summed E-state index contributed by atoms with van der Waals surface area (Å²) in [5.41, 5.74) is 2.48. The number of hydrogen-bond acceptors (Lipinski definition) is 5. The molecule has 2 heterocycles. The fourth-order valence-electron chi connectivity index (χ4n) is 3.93. The van der Waals surface area contributed by atoms with Crippen LogP contribution in [-0.4, -0.2) is 55.5 Å². The van der Waals surface area contributed by atoms with Crippen molar-refractivity contribution in [2.75, 3.05) is 39.4 Å². The Kier molecular flexibility index (Phi) is 6.57. The van der Waals surface area contributed by atoms with Gasteiger partial charge in [0.15, 0.2) is 0 Å². The quantitative estimate of drug-likeness (QED) is 0.754. The van der Waals surface area contributed by atoms with Crippen LogP contribution < -0.4 is 14.8 Å². The number of nitrogens with one attached hydrogen (secondary N) is 1. The summed E-state index contributed by atoms with van der Waals surface area (Å²) in [4.78, 5) is 2.35. The molecule has 0 bridgehead atoms. The molecule has 25 heavy (non-hydrogen) atoms. The lowest BCUT2D eigenvalue weighted by atomic mass is 9.96. The first-order valence-corrected chi connectivity index (χ1v) is 9.68. The first-order chi connectivity index (χ1) is 12.2. The first kappa shape index (κ1) is 18.5. The number of hydrogen-bond donors (Lipinski definition) is 2. The van der Waals surface area contributed by atoms with E-state index in [1.54, 1.807) is 0 Å². The standard InChI is InChI=1S/C20H32N2O3/c1-3-24-19-11-17-10-15(2)25-20(17)18(12-19)14-21-13-16-4-6-22(7-5-16)8-9-23/h11-12,15-16,21,23H,3-10,13-14H2,1-2H3. The van der Waals surface area contributed by atoms with Gasteiger partial charge in [0.2, 0.25) is 0 Å². The molecule has 1 aromatic carbocycles. The summed E-state index contributed by atoms with van der Waals surface area (Å²) >= 11 is 0. The van der Waals surface area contributed by atoms with E-state index in [-0.39, 0.29) is 12.7 Å². The molecule has 2 aliphatic heterocycles. The molecule has 5 nitrogen and oxygen atoms in total. The Hall–Kier alpha value is -1.30. The summed E-state index contributed by atoms with van der Waals surface area (Å²) in [5, 5.41) is 12.7. The molecule has 0 radical (unpaired) electrons. The predicted molar refractivity (Wildman–Crippen MR) is 99.4 cm³/mol. The van der Waals surface area contributed by atoms with Gasteiger partial charge in [0.25, 0.3) is 0 Å². The zero-order chi connectivity index (χ0) is 17.6. The van der Waals surface area contributed by atoms with E-state index in [2.05, 4.69) is 29.3 Å². The average Bonchev–Trinajstić information content (AvgIpc) is 2.97. The van der Waals surface area contributed by atoms with E-state index in [1.807, 2.05) is 6.92 Å². The van der Waals surface area contributed by atoms with Crippen molar-refractivity contribution >= 4 is 0 Å². The van der Waals surface area contributed by atoms with Crippen molar-refractivity contribution in [3.8, 4) is 11.5 Å². The van der Waals surface area contributed by atoms with Crippen LogP contribution in [0.3, 0.4) is 0 Å². The van der Waals surface area contributed by atoms with Crippen LogP contribution in [0.1, 0.15) is 37.8 Å². The highest BCUT2D eigenvalue weighted by molar-refractivity contribution is 5.49. The highest BCUT2D eigenvalue weighted by atomic mass is 16.5. The monoisotopic (exact) mass is 348 g/mol. The van der Waals surface area contributed by atoms with Crippen LogP contribution in [0.4, 0.5) is 0 Å². The molecule has 1 aromatic rings. The van der Waals surface area contributed by atoms with Gasteiger partial charge in [0, 0.05) is 30.6 Å². The van der Waals surface area contributed by atoms with Gasteiger partial charge in [0.1, 0.15) is 17.6 Å². The maximum atomic E-state index is 9.03. The van der Waals surface area contributed by atoms with Gasteiger partial charge in [-0.05, 0) is 64.4 Å². The molecule has 1 atom stereocenters. The maximum absolute atomic E-state index is 9.03. The van der Waals surface area contributed by atoms with E-state index in [4.69, 9.17) is 14.6 Å². The van der Waals surface area contributed by atoms with E-state index in [0.717, 1.165) is 56.6 Å². The Balaban J connectivity index is 1.53. The van der Waals surface area contributed by atoms with Crippen LogP contribution in [0, 0.1) is 5.92 Å². The zero-order valence-electron chi connectivity index (χ0n) is 15.6. The van der Waals surface area contributed by atoms with Crippen molar-refractivity contribution in [2.24, 2.45) is 5.92 Å². The molecular formula is C20H32N2O3. The van der Waals surface area contributed by atoms with Crippen molar-refractivity contribution in [2.45, 2.75) is 45.8 Å². The topological polar surface area (TPSA) is 54.0 Å². The number of β-amino-alcohol motifs (C(OH)–C–C–N with tert-alkyl or cyclic N) is 1. The predicted octanol–water partition coefficient (Wildman–Crippen LogP) is 2.20. The van der Waals surface area contributed by atoms with Crippen LogP contribution in [0.25, 0.3) is 0 Å². The van der Waals surface area contributed by atoms with Crippen LogP contribution >= 0.6 is 0 Å². The first-order valence-electron chi connectivity index (χ1n) is 9.68. The number of ether oxygens (including phenoxy) is 2. The highest BCUT2D eigenvalue weighted by Gasteiger charge is 2.24. The molecule has 3 rings (SSSR count). The van der Waals surface area contributed by atoms with E-state index < -0.39 is 0 Å². The van der Waals surface area contributed by atoms with Crippen LogP contribution in [-0.2, 0) is 13.0 Å². The largest absolute Gasteiger partial charge is 0.494 e. The van der Waals surface area contributed by atoms with Gasteiger partial charge < -0.3 is 24.8 Å². The van der Waals surface area contributed by atoms with Gasteiger partial charge in [-0.25, -0.2) is 0 Å². The van der Waals surface area contributed by atoms with Gasteiger partial charge in [-0.15, -0.1) is 0 Å². The maximum Gasteiger partial charge on any atom is 0.127 e. The minimum absolute atomic E-state index is 0.251. The lowest BCUT2D eigenvalue weighted by molar-refractivity contribution is 0.146.